The Hall–Kier alpha value is -1.70. The minimum atomic E-state index is -0.0602. The van der Waals surface area contributed by atoms with E-state index in [9.17, 15) is 4.79 Å². The third-order valence-corrected chi connectivity index (χ3v) is 5.61. The Balaban J connectivity index is 1.58. The first-order chi connectivity index (χ1) is 11.6. The molecule has 0 bridgehead atoms. The third-order valence-electron chi connectivity index (χ3n) is 3.25. The Bertz CT molecular complexity index is 849. The zero-order valence-electron chi connectivity index (χ0n) is 12.8. The van der Waals surface area contributed by atoms with Crippen molar-refractivity contribution in [2.75, 3.05) is 11.1 Å². The summed E-state index contributed by atoms with van der Waals surface area (Å²) in [5.41, 5.74) is 2.95. The van der Waals surface area contributed by atoms with E-state index >= 15 is 0 Å². The number of nitrogens with one attached hydrogen (secondary N) is 1. The summed E-state index contributed by atoms with van der Waals surface area (Å²) < 4.78 is 6.16. The molecule has 0 atom stereocenters. The van der Waals surface area contributed by atoms with E-state index in [-0.39, 0.29) is 5.91 Å². The Morgan fingerprint density at radius 2 is 1.96 bits per heavy atom. The molecule has 1 heterocycles. The molecule has 0 aliphatic heterocycles. The van der Waals surface area contributed by atoms with Crippen LogP contribution in [0.25, 0.3) is 11.4 Å². The molecule has 0 aliphatic carbocycles. The van der Waals surface area contributed by atoms with Crippen LogP contribution in [0.5, 0.6) is 0 Å². The van der Waals surface area contributed by atoms with Crippen LogP contribution in [0.2, 0.25) is 0 Å². The normalized spacial score (nSPS) is 10.6. The van der Waals surface area contributed by atoms with Gasteiger partial charge in [-0.2, -0.15) is 4.37 Å². The van der Waals surface area contributed by atoms with Crippen molar-refractivity contribution in [2.24, 2.45) is 0 Å². The number of benzene rings is 2. The standard InChI is InChI=1S/C17H14BrN3OS2/c1-11-4-2-3-5-14(11)16-20-17(24-21-16)23-10-15(22)19-13-8-6-12(18)7-9-13/h2-9H,10H2,1H3,(H,19,22). The number of hydrogen-bond donors (Lipinski definition) is 1. The molecule has 3 rings (SSSR count). The Labute approximate surface area is 157 Å². The molecule has 0 fully saturated rings. The van der Waals surface area contributed by atoms with Crippen LogP contribution in [0.1, 0.15) is 5.56 Å². The zero-order valence-corrected chi connectivity index (χ0v) is 16.0. The van der Waals surface area contributed by atoms with Gasteiger partial charge in [0.15, 0.2) is 10.2 Å². The summed E-state index contributed by atoms with van der Waals surface area (Å²) in [7, 11) is 0. The van der Waals surface area contributed by atoms with Crippen LogP contribution in [0.15, 0.2) is 57.3 Å². The number of anilines is 1. The van der Waals surface area contributed by atoms with Gasteiger partial charge in [0.2, 0.25) is 5.91 Å². The van der Waals surface area contributed by atoms with Crippen molar-refractivity contribution in [3.63, 3.8) is 0 Å². The van der Waals surface area contributed by atoms with E-state index in [0.29, 0.717) is 11.6 Å². The number of halogens is 1. The quantitative estimate of drug-likeness (QED) is 0.590. The van der Waals surface area contributed by atoms with E-state index in [1.54, 1.807) is 0 Å². The van der Waals surface area contributed by atoms with Crippen LogP contribution in [0.3, 0.4) is 0 Å². The molecule has 3 aromatic rings. The third kappa shape index (κ3) is 4.43. The predicted octanol–water partition coefficient (Wildman–Crippen LogP) is 5.01. The van der Waals surface area contributed by atoms with Gasteiger partial charge in [-0.25, -0.2) is 4.98 Å². The average molecular weight is 420 g/mol. The minimum absolute atomic E-state index is 0.0602. The molecule has 1 amide bonds. The molecule has 24 heavy (non-hydrogen) atoms. The Kier molecular flexibility index (Phi) is 5.65. The minimum Gasteiger partial charge on any atom is -0.325 e. The van der Waals surface area contributed by atoms with Gasteiger partial charge < -0.3 is 5.32 Å². The van der Waals surface area contributed by atoms with Crippen LogP contribution >= 0.6 is 39.2 Å². The highest BCUT2D eigenvalue weighted by Gasteiger charge is 2.11. The lowest BCUT2D eigenvalue weighted by Crippen LogP contribution is -2.13. The topological polar surface area (TPSA) is 54.9 Å². The van der Waals surface area contributed by atoms with Gasteiger partial charge in [0, 0.05) is 15.7 Å². The van der Waals surface area contributed by atoms with Gasteiger partial charge in [-0.15, -0.1) is 0 Å². The van der Waals surface area contributed by atoms with Crippen LogP contribution in [-0.4, -0.2) is 21.0 Å². The van der Waals surface area contributed by atoms with Crippen molar-refractivity contribution in [1.29, 1.82) is 0 Å². The Morgan fingerprint density at radius 1 is 1.21 bits per heavy atom. The molecule has 122 valence electrons. The van der Waals surface area contributed by atoms with Gasteiger partial charge in [-0.05, 0) is 48.3 Å². The molecule has 4 nitrogen and oxygen atoms in total. The lowest BCUT2D eigenvalue weighted by molar-refractivity contribution is -0.113. The summed E-state index contributed by atoms with van der Waals surface area (Å²) in [5, 5.41) is 2.86. The number of nitrogens with zero attached hydrogens (tertiary/aromatic N) is 2. The number of rotatable bonds is 5. The summed E-state index contributed by atoms with van der Waals surface area (Å²) in [6.07, 6.45) is 0. The number of hydrogen-bond acceptors (Lipinski definition) is 5. The summed E-state index contributed by atoms with van der Waals surface area (Å²) in [6.45, 7) is 2.04. The van der Waals surface area contributed by atoms with E-state index in [2.05, 4.69) is 30.6 Å². The van der Waals surface area contributed by atoms with Gasteiger partial charge in [-0.1, -0.05) is 52.0 Å². The molecule has 1 N–H and O–H groups in total. The van der Waals surface area contributed by atoms with Crippen LogP contribution in [0.4, 0.5) is 5.69 Å². The lowest BCUT2D eigenvalue weighted by Gasteiger charge is -2.04. The maximum atomic E-state index is 12.0. The highest BCUT2D eigenvalue weighted by molar-refractivity contribution is 9.10. The average Bonchev–Trinajstić information content (AvgIpc) is 3.04. The predicted molar refractivity (Wildman–Crippen MR) is 104 cm³/mol. The van der Waals surface area contributed by atoms with Crippen LogP contribution in [0, 0.1) is 6.92 Å². The van der Waals surface area contributed by atoms with Gasteiger partial charge >= 0.3 is 0 Å². The number of amides is 1. The fraction of sp³-hybridized carbons (Fsp3) is 0.118. The number of aryl methyl sites for hydroxylation is 1. The lowest BCUT2D eigenvalue weighted by atomic mass is 10.1. The van der Waals surface area contributed by atoms with Crippen molar-refractivity contribution in [3.05, 3.63) is 58.6 Å². The first kappa shape index (κ1) is 17.1. The summed E-state index contributed by atoms with van der Waals surface area (Å²) in [5.74, 6) is 0.960. The smallest absolute Gasteiger partial charge is 0.234 e. The van der Waals surface area contributed by atoms with Gasteiger partial charge in [0.1, 0.15) is 0 Å². The molecule has 0 unspecified atom stereocenters. The highest BCUT2D eigenvalue weighted by atomic mass is 79.9. The molecule has 1 aromatic heterocycles. The second-order valence-corrected chi connectivity index (χ2v) is 7.93. The number of aromatic nitrogens is 2. The molecular weight excluding hydrogens is 406 g/mol. The van der Waals surface area contributed by atoms with E-state index in [4.69, 9.17) is 0 Å². The van der Waals surface area contributed by atoms with Gasteiger partial charge in [0.05, 0.1) is 5.75 Å². The number of carbonyl (C=O) groups excluding carboxylic acids is 1. The monoisotopic (exact) mass is 419 g/mol. The fourth-order valence-electron chi connectivity index (χ4n) is 2.06. The highest BCUT2D eigenvalue weighted by Crippen LogP contribution is 2.27. The van der Waals surface area contributed by atoms with E-state index in [0.717, 1.165) is 25.6 Å². The molecular formula is C17H14BrN3OS2. The fourth-order valence-corrected chi connectivity index (χ4v) is 3.73. The van der Waals surface area contributed by atoms with Crippen molar-refractivity contribution in [2.45, 2.75) is 11.3 Å². The second-order valence-electron chi connectivity index (χ2n) is 5.04. The summed E-state index contributed by atoms with van der Waals surface area (Å²) in [4.78, 5) is 16.5. The first-order valence-corrected chi connectivity index (χ1v) is 9.75. The maximum Gasteiger partial charge on any atom is 0.234 e. The largest absolute Gasteiger partial charge is 0.325 e. The molecule has 0 saturated heterocycles. The second kappa shape index (κ2) is 7.92. The molecule has 2 aromatic carbocycles. The first-order valence-electron chi connectivity index (χ1n) is 7.20. The van der Waals surface area contributed by atoms with E-state index in [1.807, 2.05) is 55.5 Å². The van der Waals surface area contributed by atoms with Crippen molar-refractivity contribution in [3.8, 4) is 11.4 Å². The van der Waals surface area contributed by atoms with Gasteiger partial charge in [-0.3, -0.25) is 4.79 Å². The van der Waals surface area contributed by atoms with Crippen molar-refractivity contribution in [1.82, 2.24) is 9.36 Å². The zero-order chi connectivity index (χ0) is 16.9. The SMILES string of the molecule is Cc1ccccc1-c1nsc(SCC(=O)Nc2ccc(Br)cc2)n1. The van der Waals surface area contributed by atoms with Crippen LogP contribution in [-0.2, 0) is 4.79 Å². The molecule has 0 radical (unpaired) electrons. The molecule has 0 spiro atoms. The van der Waals surface area contributed by atoms with Gasteiger partial charge in [0.25, 0.3) is 0 Å². The molecule has 0 aliphatic rings. The summed E-state index contributed by atoms with van der Waals surface area (Å²) in [6, 6.07) is 15.5. The molecule has 7 heteroatoms. The maximum absolute atomic E-state index is 12.0. The summed E-state index contributed by atoms with van der Waals surface area (Å²) >= 11 is 6.08. The number of thioether (sulfide) groups is 1. The van der Waals surface area contributed by atoms with Crippen LogP contribution < -0.4 is 5.32 Å². The number of carbonyl (C=O) groups is 1. The van der Waals surface area contributed by atoms with Crippen molar-refractivity contribution >= 4 is 50.8 Å². The van der Waals surface area contributed by atoms with Crippen molar-refractivity contribution < 1.29 is 4.79 Å². The Morgan fingerprint density at radius 3 is 2.71 bits per heavy atom. The van der Waals surface area contributed by atoms with E-state index in [1.165, 1.54) is 23.3 Å². The molecule has 0 saturated carbocycles. The van der Waals surface area contributed by atoms with E-state index < -0.39 is 0 Å².